The van der Waals surface area contributed by atoms with Gasteiger partial charge in [-0.15, -0.1) is 0 Å². The zero-order valence-corrected chi connectivity index (χ0v) is 12.6. The minimum atomic E-state index is -0.304. The maximum Gasteiger partial charge on any atom is 0.141 e. The zero-order chi connectivity index (χ0) is 15.1. The molecule has 0 radical (unpaired) electrons. The van der Waals surface area contributed by atoms with Crippen molar-refractivity contribution in [1.82, 2.24) is 15.2 Å². The predicted molar refractivity (Wildman–Crippen MR) is 80.3 cm³/mol. The summed E-state index contributed by atoms with van der Waals surface area (Å²) in [6.45, 7) is 4.81. The van der Waals surface area contributed by atoms with Crippen molar-refractivity contribution in [3.63, 3.8) is 0 Å². The predicted octanol–water partition coefficient (Wildman–Crippen LogP) is 2.99. The van der Waals surface area contributed by atoms with Gasteiger partial charge >= 0.3 is 0 Å². The van der Waals surface area contributed by atoms with Crippen LogP contribution in [0.4, 0.5) is 4.39 Å². The van der Waals surface area contributed by atoms with Gasteiger partial charge in [0.1, 0.15) is 11.6 Å². The molecule has 21 heavy (non-hydrogen) atoms. The second-order valence-corrected chi connectivity index (χ2v) is 4.98. The zero-order valence-electron chi connectivity index (χ0n) is 12.6. The summed E-state index contributed by atoms with van der Waals surface area (Å²) in [4.78, 5) is 6.47. The summed E-state index contributed by atoms with van der Waals surface area (Å²) in [5.41, 5.74) is 0.868. The Bertz CT molecular complexity index is 513. The topological polar surface area (TPSA) is 41.3 Å². The molecule has 0 saturated heterocycles. The van der Waals surface area contributed by atoms with E-state index in [1.54, 1.807) is 12.3 Å². The van der Waals surface area contributed by atoms with Crippen molar-refractivity contribution in [1.29, 1.82) is 0 Å². The number of furan rings is 1. The number of aromatic nitrogens is 1. The minimum absolute atomic E-state index is 0.122. The van der Waals surface area contributed by atoms with Crippen LogP contribution in [0.2, 0.25) is 0 Å². The molecule has 0 aromatic carbocycles. The van der Waals surface area contributed by atoms with E-state index >= 15 is 0 Å². The van der Waals surface area contributed by atoms with Crippen LogP contribution in [-0.4, -0.2) is 30.0 Å². The third-order valence-electron chi connectivity index (χ3n) is 3.60. The van der Waals surface area contributed by atoms with Gasteiger partial charge in [0.25, 0.3) is 0 Å². The molecule has 0 amide bonds. The van der Waals surface area contributed by atoms with Crippen molar-refractivity contribution in [3.05, 3.63) is 54.0 Å². The van der Waals surface area contributed by atoms with Gasteiger partial charge in [-0.1, -0.05) is 6.92 Å². The first kappa shape index (κ1) is 15.7. The molecule has 0 spiro atoms. The fraction of sp³-hybridized carbons (Fsp3) is 0.438. The summed E-state index contributed by atoms with van der Waals surface area (Å²) < 4.78 is 18.3. The molecule has 5 heteroatoms. The van der Waals surface area contributed by atoms with E-state index in [0.29, 0.717) is 0 Å². The first-order valence-electron chi connectivity index (χ1n) is 7.26. The number of nitrogens with zero attached hydrogens (tertiary/aromatic N) is 2. The van der Waals surface area contributed by atoms with Crippen molar-refractivity contribution in [2.24, 2.45) is 0 Å². The molecule has 1 atom stereocenters. The number of halogens is 1. The van der Waals surface area contributed by atoms with E-state index < -0.39 is 0 Å². The highest BCUT2D eigenvalue weighted by atomic mass is 19.1. The standard InChI is InChI=1S/C16H22FN3O/c1-3-20(12-14-5-4-10-21-14)9-8-15(18-2)16-7-6-13(17)11-19-16/h4-7,10-11,15,18H,3,8-9,12H2,1-2H3. The highest BCUT2D eigenvalue weighted by Crippen LogP contribution is 2.16. The molecular formula is C16H22FN3O. The second kappa shape index (κ2) is 7.90. The normalized spacial score (nSPS) is 12.8. The number of nitrogens with one attached hydrogen (secondary N) is 1. The molecule has 2 rings (SSSR count). The number of rotatable bonds is 8. The molecule has 4 nitrogen and oxygen atoms in total. The van der Waals surface area contributed by atoms with Gasteiger partial charge in [-0.3, -0.25) is 9.88 Å². The van der Waals surface area contributed by atoms with Crippen LogP contribution in [0.15, 0.2) is 41.1 Å². The van der Waals surface area contributed by atoms with E-state index in [9.17, 15) is 4.39 Å². The van der Waals surface area contributed by atoms with Crippen LogP contribution in [0.1, 0.15) is 30.8 Å². The van der Waals surface area contributed by atoms with Crippen LogP contribution in [-0.2, 0) is 6.54 Å². The molecule has 114 valence electrons. The Morgan fingerprint density at radius 1 is 1.38 bits per heavy atom. The van der Waals surface area contributed by atoms with Crippen LogP contribution in [0.3, 0.4) is 0 Å². The number of hydrogen-bond acceptors (Lipinski definition) is 4. The molecule has 0 fully saturated rings. The molecular weight excluding hydrogens is 269 g/mol. The number of hydrogen-bond donors (Lipinski definition) is 1. The lowest BCUT2D eigenvalue weighted by atomic mass is 10.1. The lowest BCUT2D eigenvalue weighted by molar-refractivity contribution is 0.242. The monoisotopic (exact) mass is 291 g/mol. The minimum Gasteiger partial charge on any atom is -0.468 e. The van der Waals surface area contributed by atoms with Crippen LogP contribution in [0, 0.1) is 5.82 Å². The first-order valence-corrected chi connectivity index (χ1v) is 7.26. The molecule has 0 aliphatic carbocycles. The Kier molecular flexibility index (Phi) is 5.90. The van der Waals surface area contributed by atoms with E-state index in [4.69, 9.17) is 4.42 Å². The van der Waals surface area contributed by atoms with E-state index in [-0.39, 0.29) is 11.9 Å². The van der Waals surface area contributed by atoms with Crippen molar-refractivity contribution < 1.29 is 8.81 Å². The first-order chi connectivity index (χ1) is 10.2. The Balaban J connectivity index is 1.90. The maximum absolute atomic E-state index is 12.9. The van der Waals surface area contributed by atoms with Crippen LogP contribution < -0.4 is 5.32 Å². The smallest absolute Gasteiger partial charge is 0.141 e. The summed E-state index contributed by atoms with van der Waals surface area (Å²) in [6.07, 6.45) is 3.87. The molecule has 0 aliphatic heterocycles. The maximum atomic E-state index is 12.9. The molecule has 2 aromatic heterocycles. The molecule has 0 aliphatic rings. The van der Waals surface area contributed by atoms with Gasteiger partial charge < -0.3 is 9.73 Å². The fourth-order valence-corrected chi connectivity index (χ4v) is 2.32. The van der Waals surface area contributed by atoms with Crippen LogP contribution in [0.25, 0.3) is 0 Å². The summed E-state index contributed by atoms with van der Waals surface area (Å²) in [7, 11) is 1.90. The van der Waals surface area contributed by atoms with Gasteiger partial charge in [0.05, 0.1) is 30.7 Å². The van der Waals surface area contributed by atoms with Crippen molar-refractivity contribution in [2.45, 2.75) is 25.9 Å². The molecule has 0 saturated carbocycles. The van der Waals surface area contributed by atoms with Crippen LogP contribution >= 0.6 is 0 Å². The molecule has 1 N–H and O–H groups in total. The molecule has 1 unspecified atom stereocenters. The van der Waals surface area contributed by atoms with Gasteiger partial charge in [-0.05, 0) is 44.3 Å². The summed E-state index contributed by atoms with van der Waals surface area (Å²) >= 11 is 0. The third-order valence-corrected chi connectivity index (χ3v) is 3.60. The highest BCUT2D eigenvalue weighted by molar-refractivity contribution is 5.09. The van der Waals surface area contributed by atoms with Crippen molar-refractivity contribution in [3.8, 4) is 0 Å². The van der Waals surface area contributed by atoms with E-state index in [1.807, 2.05) is 19.2 Å². The highest BCUT2D eigenvalue weighted by Gasteiger charge is 2.13. The van der Waals surface area contributed by atoms with Gasteiger partial charge in [-0.2, -0.15) is 0 Å². The van der Waals surface area contributed by atoms with E-state index in [2.05, 4.69) is 22.1 Å². The SMILES string of the molecule is CCN(CCC(NC)c1ccc(F)cn1)Cc1ccco1. The van der Waals surface area contributed by atoms with Crippen molar-refractivity contribution >= 4 is 0 Å². The fourth-order valence-electron chi connectivity index (χ4n) is 2.32. The largest absolute Gasteiger partial charge is 0.468 e. The van der Waals surface area contributed by atoms with Crippen molar-refractivity contribution in [2.75, 3.05) is 20.1 Å². The van der Waals surface area contributed by atoms with Gasteiger partial charge in [0.2, 0.25) is 0 Å². The Morgan fingerprint density at radius 3 is 2.81 bits per heavy atom. The lowest BCUT2D eigenvalue weighted by Gasteiger charge is -2.22. The Hall–Kier alpha value is -1.72. The van der Waals surface area contributed by atoms with E-state index in [1.165, 1.54) is 12.3 Å². The Labute approximate surface area is 125 Å². The second-order valence-electron chi connectivity index (χ2n) is 4.98. The summed E-state index contributed by atoms with van der Waals surface area (Å²) in [5, 5.41) is 3.24. The average molecular weight is 291 g/mol. The number of pyridine rings is 1. The van der Waals surface area contributed by atoms with Crippen LogP contribution in [0.5, 0.6) is 0 Å². The Morgan fingerprint density at radius 2 is 2.24 bits per heavy atom. The summed E-state index contributed by atoms with van der Waals surface area (Å²) in [6, 6.07) is 7.20. The van der Waals surface area contributed by atoms with Gasteiger partial charge in [0, 0.05) is 6.54 Å². The quantitative estimate of drug-likeness (QED) is 0.812. The lowest BCUT2D eigenvalue weighted by Crippen LogP contribution is -2.28. The third kappa shape index (κ3) is 4.65. The molecule has 2 aromatic rings. The molecule has 0 bridgehead atoms. The van der Waals surface area contributed by atoms with Gasteiger partial charge in [-0.25, -0.2) is 4.39 Å². The average Bonchev–Trinajstić information content (AvgIpc) is 3.01. The molecule has 2 heterocycles. The summed E-state index contributed by atoms with van der Waals surface area (Å²) in [5.74, 6) is 0.666. The van der Waals surface area contributed by atoms with E-state index in [0.717, 1.165) is 37.5 Å². The van der Waals surface area contributed by atoms with Gasteiger partial charge in [0.15, 0.2) is 0 Å².